The smallest absolute Gasteiger partial charge is 0.335 e. The Labute approximate surface area is 74.9 Å². The molecule has 0 unspecified atom stereocenters. The molecule has 4 nitrogen and oxygen atoms in total. The van der Waals surface area contributed by atoms with Gasteiger partial charge in [-0.1, -0.05) is 0 Å². The Kier molecular flexibility index (Phi) is 1.70. The molecule has 0 saturated heterocycles. The fourth-order valence-corrected chi connectivity index (χ4v) is 1.37. The van der Waals surface area contributed by atoms with E-state index >= 15 is 0 Å². The third-order valence-electron chi connectivity index (χ3n) is 2.07. The van der Waals surface area contributed by atoms with Gasteiger partial charge in [0, 0.05) is 5.56 Å². The highest BCUT2D eigenvalue weighted by atomic mass is 16.5. The SMILES string of the molecule is N[C@@H]1COc2ccc(C(=O)O)cc21. The van der Waals surface area contributed by atoms with Crippen LogP contribution in [0.3, 0.4) is 0 Å². The van der Waals surface area contributed by atoms with Gasteiger partial charge in [0.05, 0.1) is 11.6 Å². The van der Waals surface area contributed by atoms with E-state index in [0.717, 1.165) is 5.56 Å². The molecule has 4 heteroatoms. The Morgan fingerprint density at radius 2 is 2.38 bits per heavy atom. The van der Waals surface area contributed by atoms with E-state index < -0.39 is 5.97 Å². The van der Waals surface area contributed by atoms with Gasteiger partial charge >= 0.3 is 5.97 Å². The maximum absolute atomic E-state index is 10.6. The van der Waals surface area contributed by atoms with Gasteiger partial charge in [-0.2, -0.15) is 0 Å². The lowest BCUT2D eigenvalue weighted by atomic mass is 10.1. The average Bonchev–Trinajstić information content (AvgIpc) is 2.47. The molecule has 68 valence electrons. The Morgan fingerprint density at radius 1 is 1.62 bits per heavy atom. The number of benzene rings is 1. The van der Waals surface area contributed by atoms with E-state index in [2.05, 4.69) is 0 Å². The molecule has 1 aliphatic heterocycles. The molecule has 0 aromatic heterocycles. The molecule has 1 aromatic carbocycles. The molecule has 0 aliphatic carbocycles. The maximum atomic E-state index is 10.6. The predicted octanol–water partition coefficient (Wildman–Crippen LogP) is 0.777. The van der Waals surface area contributed by atoms with Crippen LogP contribution in [0.2, 0.25) is 0 Å². The lowest BCUT2D eigenvalue weighted by Gasteiger charge is -2.01. The summed E-state index contributed by atoms with van der Waals surface area (Å²) in [5.74, 6) is -0.251. The molecule has 13 heavy (non-hydrogen) atoms. The topological polar surface area (TPSA) is 72.5 Å². The Balaban J connectivity index is 2.47. The number of ether oxygens (including phenoxy) is 1. The van der Waals surface area contributed by atoms with Crippen molar-refractivity contribution in [2.75, 3.05) is 6.61 Å². The van der Waals surface area contributed by atoms with Crippen molar-refractivity contribution in [2.24, 2.45) is 5.73 Å². The van der Waals surface area contributed by atoms with Crippen LogP contribution in [-0.2, 0) is 0 Å². The summed E-state index contributed by atoms with van der Waals surface area (Å²) in [4.78, 5) is 10.6. The molecule has 3 N–H and O–H groups in total. The molecular weight excluding hydrogens is 170 g/mol. The summed E-state index contributed by atoms with van der Waals surface area (Å²) >= 11 is 0. The summed E-state index contributed by atoms with van der Waals surface area (Å²) < 4.78 is 5.23. The number of hydrogen-bond donors (Lipinski definition) is 2. The number of aromatic carboxylic acids is 1. The second-order valence-corrected chi connectivity index (χ2v) is 2.98. The fourth-order valence-electron chi connectivity index (χ4n) is 1.37. The summed E-state index contributed by atoms with van der Waals surface area (Å²) in [6.45, 7) is 0.429. The minimum atomic E-state index is -0.943. The number of carbonyl (C=O) groups is 1. The van der Waals surface area contributed by atoms with Crippen LogP contribution in [-0.4, -0.2) is 17.7 Å². The third-order valence-corrected chi connectivity index (χ3v) is 2.07. The lowest BCUT2D eigenvalue weighted by Crippen LogP contribution is -2.11. The molecular formula is C9H9NO3. The van der Waals surface area contributed by atoms with Gasteiger partial charge in [-0.3, -0.25) is 0 Å². The first-order valence-electron chi connectivity index (χ1n) is 3.94. The zero-order valence-electron chi connectivity index (χ0n) is 6.86. The van der Waals surface area contributed by atoms with Crippen molar-refractivity contribution >= 4 is 5.97 Å². The zero-order chi connectivity index (χ0) is 9.42. The van der Waals surface area contributed by atoms with Crippen molar-refractivity contribution in [1.29, 1.82) is 0 Å². The van der Waals surface area contributed by atoms with E-state index in [1.165, 1.54) is 6.07 Å². The fraction of sp³-hybridized carbons (Fsp3) is 0.222. The van der Waals surface area contributed by atoms with Crippen molar-refractivity contribution in [1.82, 2.24) is 0 Å². The van der Waals surface area contributed by atoms with Crippen LogP contribution in [0.5, 0.6) is 5.75 Å². The number of rotatable bonds is 1. The van der Waals surface area contributed by atoms with E-state index in [0.29, 0.717) is 12.4 Å². The van der Waals surface area contributed by atoms with Gasteiger partial charge in [0.15, 0.2) is 0 Å². The van der Waals surface area contributed by atoms with E-state index in [9.17, 15) is 4.79 Å². The molecule has 0 fully saturated rings. The largest absolute Gasteiger partial charge is 0.491 e. The van der Waals surface area contributed by atoms with Crippen LogP contribution in [0.15, 0.2) is 18.2 Å². The highest BCUT2D eigenvalue weighted by Gasteiger charge is 2.21. The number of carboxylic acid groups (broad SMARTS) is 1. The molecule has 2 rings (SSSR count). The molecule has 0 spiro atoms. The van der Waals surface area contributed by atoms with Crippen LogP contribution in [0.1, 0.15) is 22.0 Å². The van der Waals surface area contributed by atoms with Gasteiger partial charge in [0.25, 0.3) is 0 Å². The number of hydrogen-bond acceptors (Lipinski definition) is 3. The van der Waals surface area contributed by atoms with E-state index in [4.69, 9.17) is 15.6 Å². The zero-order valence-corrected chi connectivity index (χ0v) is 6.86. The maximum Gasteiger partial charge on any atom is 0.335 e. The van der Waals surface area contributed by atoms with Crippen molar-refractivity contribution in [3.05, 3.63) is 29.3 Å². The summed E-state index contributed by atoms with van der Waals surface area (Å²) in [5, 5.41) is 8.72. The molecule has 1 aromatic rings. The van der Waals surface area contributed by atoms with Crippen molar-refractivity contribution < 1.29 is 14.6 Å². The standard InChI is InChI=1S/C9H9NO3/c10-7-4-13-8-2-1-5(9(11)12)3-6(7)8/h1-3,7H,4,10H2,(H,11,12)/t7-/m1/s1. The highest BCUT2D eigenvalue weighted by molar-refractivity contribution is 5.88. The summed E-state index contributed by atoms with van der Waals surface area (Å²) in [6.07, 6.45) is 0. The first kappa shape index (κ1) is 8.07. The summed E-state index contributed by atoms with van der Waals surface area (Å²) in [6, 6.07) is 4.52. The van der Waals surface area contributed by atoms with Gasteiger partial charge < -0.3 is 15.6 Å². The molecule has 0 radical (unpaired) electrons. The first-order chi connectivity index (χ1) is 6.18. The Bertz CT molecular complexity index is 362. The van der Waals surface area contributed by atoms with Gasteiger partial charge in [-0.25, -0.2) is 4.79 Å². The van der Waals surface area contributed by atoms with Gasteiger partial charge in [-0.05, 0) is 18.2 Å². The van der Waals surface area contributed by atoms with Crippen LogP contribution >= 0.6 is 0 Å². The van der Waals surface area contributed by atoms with Gasteiger partial charge in [0.2, 0.25) is 0 Å². The van der Waals surface area contributed by atoms with Crippen molar-refractivity contribution in [3.63, 3.8) is 0 Å². The molecule has 1 atom stereocenters. The van der Waals surface area contributed by atoms with Crippen molar-refractivity contribution in [2.45, 2.75) is 6.04 Å². The molecule has 0 amide bonds. The summed E-state index contributed by atoms with van der Waals surface area (Å²) in [5.41, 5.74) is 6.72. The van der Waals surface area contributed by atoms with Crippen molar-refractivity contribution in [3.8, 4) is 5.75 Å². The van der Waals surface area contributed by atoms with E-state index in [-0.39, 0.29) is 11.6 Å². The van der Waals surface area contributed by atoms with Crippen LogP contribution in [0.4, 0.5) is 0 Å². The molecule has 0 bridgehead atoms. The first-order valence-corrected chi connectivity index (χ1v) is 3.94. The molecule has 1 aliphatic rings. The van der Waals surface area contributed by atoms with Gasteiger partial charge in [0.1, 0.15) is 12.4 Å². The lowest BCUT2D eigenvalue weighted by molar-refractivity contribution is 0.0697. The minimum Gasteiger partial charge on any atom is -0.491 e. The minimum absolute atomic E-state index is 0.200. The van der Waals surface area contributed by atoms with E-state index in [1.54, 1.807) is 12.1 Å². The molecule has 1 heterocycles. The highest BCUT2D eigenvalue weighted by Crippen LogP contribution is 2.31. The molecule has 0 saturated carbocycles. The average molecular weight is 179 g/mol. The number of fused-ring (bicyclic) bond motifs is 1. The third kappa shape index (κ3) is 1.25. The second-order valence-electron chi connectivity index (χ2n) is 2.98. The normalized spacial score (nSPS) is 19.3. The van der Waals surface area contributed by atoms with E-state index in [1.807, 2.05) is 0 Å². The number of carboxylic acids is 1. The monoisotopic (exact) mass is 179 g/mol. The Hall–Kier alpha value is -1.55. The quantitative estimate of drug-likeness (QED) is 0.668. The predicted molar refractivity (Wildman–Crippen MR) is 45.8 cm³/mol. The van der Waals surface area contributed by atoms with Crippen LogP contribution in [0, 0.1) is 0 Å². The summed E-state index contributed by atoms with van der Waals surface area (Å²) in [7, 11) is 0. The van der Waals surface area contributed by atoms with Crippen LogP contribution in [0.25, 0.3) is 0 Å². The van der Waals surface area contributed by atoms with Crippen LogP contribution < -0.4 is 10.5 Å². The number of nitrogens with two attached hydrogens (primary N) is 1. The Morgan fingerprint density at radius 3 is 3.08 bits per heavy atom. The second kappa shape index (κ2) is 2.74. The van der Waals surface area contributed by atoms with Gasteiger partial charge in [-0.15, -0.1) is 0 Å².